The van der Waals surface area contributed by atoms with Gasteiger partial charge in [-0.25, -0.2) is 4.79 Å². The van der Waals surface area contributed by atoms with Gasteiger partial charge in [-0.2, -0.15) is 0 Å². The van der Waals surface area contributed by atoms with Gasteiger partial charge in [0.05, 0.1) is 0 Å². The fourth-order valence-corrected chi connectivity index (χ4v) is 5.49. The Morgan fingerprint density at radius 1 is 0.975 bits per heavy atom. The molecule has 1 aliphatic rings. The number of carbonyl (C=O) groups excluding carboxylic acids is 4. The Kier molecular flexibility index (Phi) is 14.2. The second-order valence-corrected chi connectivity index (χ2v) is 11.2. The molecule has 1 aromatic carbocycles. The maximum absolute atomic E-state index is 12.1. The number of hydrogen-bond donors (Lipinski definition) is 4. The lowest BCUT2D eigenvalue weighted by molar-refractivity contribution is -0.232. The summed E-state index contributed by atoms with van der Waals surface area (Å²) in [6.45, 7) is 4.02. The Labute approximate surface area is 238 Å². The highest BCUT2D eigenvalue weighted by Gasteiger charge is 2.51. The first-order valence-corrected chi connectivity index (χ1v) is 14.9. The third-order valence-electron chi connectivity index (χ3n) is 5.51. The molecular formula is C26H35N2O10PS. The first kappa shape index (κ1) is 33.3. The third kappa shape index (κ3) is 11.7. The smallest absolute Gasteiger partial charge is 0.319 e. The van der Waals surface area contributed by atoms with E-state index in [-0.39, 0.29) is 18.6 Å². The van der Waals surface area contributed by atoms with Gasteiger partial charge in [-0.15, -0.1) is 12.3 Å². The van der Waals surface area contributed by atoms with E-state index < -0.39 is 56.1 Å². The van der Waals surface area contributed by atoms with Crippen molar-refractivity contribution in [2.75, 3.05) is 18.0 Å². The fourth-order valence-electron chi connectivity index (χ4n) is 3.91. The Bertz CT molecular complexity index is 1050. The maximum Gasteiger partial charge on any atom is 0.319 e. The number of esters is 3. The number of urea groups is 1. The standard InChI is InChI=1S/C26H35N2O10PS/c1-5-6-7-8-14-27-26(32)28-19-9-11-20(12-10-19)40-25-24(37-18(4)31)23(36-17(3)30)22(35-16(2)29)21(38-25)13-15-39(33)34/h1,9-12,21-25,33-34H,6-8,13-15H2,2-4H3,(H2,27,28,32)/t21-,22-,23+,24+,25-/m1/s1. The highest BCUT2D eigenvalue weighted by Crippen LogP contribution is 2.39. The quantitative estimate of drug-likeness (QED) is 0.0866. The van der Waals surface area contributed by atoms with E-state index in [0.29, 0.717) is 23.5 Å². The van der Waals surface area contributed by atoms with Crippen molar-refractivity contribution >= 4 is 49.8 Å². The Balaban J connectivity index is 2.21. The summed E-state index contributed by atoms with van der Waals surface area (Å²) < 4.78 is 22.5. The molecule has 220 valence electrons. The molecule has 0 aromatic heterocycles. The molecule has 1 saturated heterocycles. The summed E-state index contributed by atoms with van der Waals surface area (Å²) in [5, 5.41) is 5.49. The van der Waals surface area contributed by atoms with Gasteiger partial charge in [0.2, 0.25) is 0 Å². The van der Waals surface area contributed by atoms with Crippen LogP contribution in [0.5, 0.6) is 0 Å². The molecule has 1 aliphatic heterocycles. The van der Waals surface area contributed by atoms with Crippen molar-refractivity contribution in [2.45, 2.75) is 81.2 Å². The van der Waals surface area contributed by atoms with E-state index in [4.69, 9.17) is 25.4 Å². The van der Waals surface area contributed by atoms with Crippen LogP contribution in [-0.2, 0) is 33.3 Å². The van der Waals surface area contributed by atoms with Crippen molar-refractivity contribution in [3.8, 4) is 12.3 Å². The number of carbonyl (C=O) groups is 4. The molecular weight excluding hydrogens is 563 g/mol. The van der Waals surface area contributed by atoms with Crippen LogP contribution in [0.2, 0.25) is 0 Å². The molecule has 0 saturated carbocycles. The predicted octanol–water partition coefficient (Wildman–Crippen LogP) is 2.91. The summed E-state index contributed by atoms with van der Waals surface area (Å²) in [6, 6.07) is 6.43. The van der Waals surface area contributed by atoms with Gasteiger partial charge < -0.3 is 39.4 Å². The molecule has 0 bridgehead atoms. The predicted molar refractivity (Wildman–Crippen MR) is 148 cm³/mol. The lowest BCUT2D eigenvalue weighted by Gasteiger charge is -2.44. The van der Waals surface area contributed by atoms with Gasteiger partial charge in [0.15, 0.2) is 26.7 Å². The van der Waals surface area contributed by atoms with Crippen LogP contribution >= 0.6 is 20.1 Å². The summed E-state index contributed by atoms with van der Waals surface area (Å²) >= 11 is 1.16. The molecule has 12 nitrogen and oxygen atoms in total. The number of rotatable bonds is 13. The van der Waals surface area contributed by atoms with Gasteiger partial charge in [-0.3, -0.25) is 14.4 Å². The Hall–Kier alpha value is -2.88. The van der Waals surface area contributed by atoms with Gasteiger partial charge in [-0.05, 0) is 43.5 Å². The molecule has 0 unspecified atom stereocenters. The number of amides is 2. The van der Waals surface area contributed by atoms with Crippen molar-refractivity contribution in [3.05, 3.63) is 24.3 Å². The summed E-state index contributed by atoms with van der Waals surface area (Å²) in [7, 11) is -2.27. The van der Waals surface area contributed by atoms with Gasteiger partial charge in [0, 0.05) is 50.5 Å². The minimum absolute atomic E-state index is 0.0491. The number of ether oxygens (including phenoxy) is 4. The molecule has 5 atom stereocenters. The molecule has 1 aromatic rings. The van der Waals surface area contributed by atoms with Crippen molar-refractivity contribution < 1.29 is 47.9 Å². The maximum atomic E-state index is 12.1. The number of unbranched alkanes of at least 4 members (excludes halogenated alkanes) is 2. The zero-order valence-corrected chi connectivity index (χ0v) is 24.2. The number of thioether (sulfide) groups is 1. The van der Waals surface area contributed by atoms with Crippen molar-refractivity contribution in [3.63, 3.8) is 0 Å². The SMILES string of the molecule is C#CCCCCNC(=O)Nc1ccc(S[C@H]2O[C@H](CCP(O)O)[C@@H](OC(C)=O)[C@H](OC(C)=O)[C@@H]2OC(C)=O)cc1. The molecule has 0 spiro atoms. The summed E-state index contributed by atoms with van der Waals surface area (Å²) in [5.41, 5.74) is -0.379. The van der Waals surface area contributed by atoms with E-state index >= 15 is 0 Å². The molecule has 0 radical (unpaired) electrons. The van der Waals surface area contributed by atoms with E-state index in [0.717, 1.165) is 24.6 Å². The normalized spacial score (nSPS) is 22.1. The van der Waals surface area contributed by atoms with Gasteiger partial charge in [0.25, 0.3) is 0 Å². The van der Waals surface area contributed by atoms with E-state index in [1.807, 2.05) is 0 Å². The summed E-state index contributed by atoms with van der Waals surface area (Å²) in [5.74, 6) is 0.503. The number of nitrogens with one attached hydrogen (secondary N) is 2. The topological polar surface area (TPSA) is 170 Å². The molecule has 4 N–H and O–H groups in total. The molecule has 14 heteroatoms. The summed E-state index contributed by atoms with van der Waals surface area (Å²) in [4.78, 5) is 67.5. The van der Waals surface area contributed by atoms with E-state index in [1.165, 1.54) is 20.8 Å². The van der Waals surface area contributed by atoms with E-state index in [2.05, 4.69) is 16.6 Å². The molecule has 2 rings (SSSR count). The van der Waals surface area contributed by atoms with Crippen LogP contribution in [0.4, 0.5) is 10.5 Å². The third-order valence-corrected chi connectivity index (χ3v) is 7.32. The van der Waals surface area contributed by atoms with Gasteiger partial charge in [-0.1, -0.05) is 11.8 Å². The average molecular weight is 599 g/mol. The minimum atomic E-state index is -2.27. The van der Waals surface area contributed by atoms with Crippen molar-refractivity contribution in [2.24, 2.45) is 0 Å². The Morgan fingerprint density at radius 3 is 2.15 bits per heavy atom. The first-order valence-electron chi connectivity index (χ1n) is 12.6. The molecule has 40 heavy (non-hydrogen) atoms. The monoisotopic (exact) mass is 598 g/mol. The second kappa shape index (κ2) is 17.0. The Morgan fingerprint density at radius 2 is 1.57 bits per heavy atom. The highest BCUT2D eigenvalue weighted by molar-refractivity contribution is 7.99. The minimum Gasteiger partial charge on any atom is -0.456 e. The lowest BCUT2D eigenvalue weighted by Crippen LogP contribution is -2.60. The van der Waals surface area contributed by atoms with E-state index in [1.54, 1.807) is 24.3 Å². The lowest BCUT2D eigenvalue weighted by atomic mass is 9.97. The van der Waals surface area contributed by atoms with Crippen LogP contribution in [0.25, 0.3) is 0 Å². The first-order chi connectivity index (χ1) is 19.0. The van der Waals surface area contributed by atoms with Crippen LogP contribution in [-0.4, -0.2) is 76.3 Å². The van der Waals surface area contributed by atoms with Crippen LogP contribution in [0.3, 0.4) is 0 Å². The van der Waals surface area contributed by atoms with Gasteiger partial charge >= 0.3 is 23.9 Å². The zero-order valence-electron chi connectivity index (χ0n) is 22.5. The van der Waals surface area contributed by atoms with Crippen LogP contribution in [0, 0.1) is 12.3 Å². The largest absolute Gasteiger partial charge is 0.456 e. The zero-order chi connectivity index (χ0) is 29.7. The number of benzene rings is 1. The number of anilines is 1. The van der Waals surface area contributed by atoms with Gasteiger partial charge in [0.1, 0.15) is 11.5 Å². The van der Waals surface area contributed by atoms with Crippen LogP contribution in [0.1, 0.15) is 46.5 Å². The molecule has 1 fully saturated rings. The van der Waals surface area contributed by atoms with Crippen molar-refractivity contribution in [1.82, 2.24) is 5.32 Å². The average Bonchev–Trinajstić information content (AvgIpc) is 2.86. The summed E-state index contributed by atoms with van der Waals surface area (Å²) in [6.07, 6.45) is 3.06. The highest BCUT2D eigenvalue weighted by atomic mass is 32.2. The van der Waals surface area contributed by atoms with Crippen molar-refractivity contribution in [1.29, 1.82) is 0 Å². The van der Waals surface area contributed by atoms with E-state index in [9.17, 15) is 29.0 Å². The number of hydrogen-bond acceptors (Lipinski definition) is 11. The fraction of sp³-hybridized carbons (Fsp3) is 0.538. The van der Waals surface area contributed by atoms with Crippen LogP contribution < -0.4 is 10.6 Å². The molecule has 0 aliphatic carbocycles. The van der Waals surface area contributed by atoms with Crippen LogP contribution in [0.15, 0.2) is 29.2 Å². The number of terminal acetylenes is 1. The molecule has 1 heterocycles. The molecule has 2 amide bonds. The second-order valence-electron chi connectivity index (χ2n) is 8.83.